The Bertz CT molecular complexity index is 2190. The van der Waals surface area contributed by atoms with E-state index in [0.29, 0.717) is 49.5 Å². The molecule has 2 aliphatic heterocycles. The lowest BCUT2D eigenvalue weighted by atomic mass is 9.90. The van der Waals surface area contributed by atoms with Crippen LogP contribution in [0.1, 0.15) is 61.2 Å². The average molecular weight is 710 g/mol. The molecule has 0 aliphatic carbocycles. The van der Waals surface area contributed by atoms with Gasteiger partial charge in [0.05, 0.1) is 5.56 Å². The molecule has 0 radical (unpaired) electrons. The SMILES string of the molecule is Cc1c(C(=O)N(C)c2ccccc2)cc(-c2cc3c(cc2C(=O)N2Cc4ccccc4C[C@H]2C)CN(C(=O)Oc2ccccc2CN(C)C)CC3)n1C. The zero-order chi connectivity index (χ0) is 37.4. The molecule has 0 N–H and O–H groups in total. The summed E-state index contributed by atoms with van der Waals surface area (Å²) in [4.78, 5) is 49.7. The van der Waals surface area contributed by atoms with Gasteiger partial charge in [-0.1, -0.05) is 60.7 Å². The number of anilines is 1. The van der Waals surface area contributed by atoms with E-state index in [2.05, 4.69) is 25.1 Å². The van der Waals surface area contributed by atoms with Gasteiger partial charge in [0.1, 0.15) is 5.75 Å². The van der Waals surface area contributed by atoms with E-state index in [1.165, 1.54) is 5.56 Å². The largest absolute Gasteiger partial charge is 0.415 e. The molecule has 0 spiro atoms. The monoisotopic (exact) mass is 709 g/mol. The molecular formula is C44H47N5O4. The van der Waals surface area contributed by atoms with Gasteiger partial charge >= 0.3 is 6.09 Å². The molecule has 3 heterocycles. The summed E-state index contributed by atoms with van der Waals surface area (Å²) in [5, 5.41) is 0. The van der Waals surface area contributed by atoms with Crippen LogP contribution in [-0.4, -0.2) is 70.9 Å². The highest BCUT2D eigenvalue weighted by atomic mass is 16.6. The summed E-state index contributed by atoms with van der Waals surface area (Å²) in [5.74, 6) is 0.351. The number of aromatic nitrogens is 1. The summed E-state index contributed by atoms with van der Waals surface area (Å²) in [6, 6.07) is 31.5. The molecule has 53 heavy (non-hydrogen) atoms. The molecule has 0 saturated carbocycles. The minimum absolute atomic E-state index is 0.0122. The van der Waals surface area contributed by atoms with Crippen LogP contribution in [0, 0.1) is 6.92 Å². The summed E-state index contributed by atoms with van der Waals surface area (Å²) in [7, 11) is 7.69. The standard InChI is InChI=1S/C44H47N5O4/c1-29-22-31-14-10-11-15-33(31)28-49(29)43(51)39-24-35-27-48(44(52)53-41-19-13-12-16-34(41)26-45(3)4)21-20-32(35)23-38(39)40-25-37(30(2)46(40)5)42(50)47(6)36-17-8-7-9-18-36/h7-19,23-25,29H,20-22,26-28H2,1-6H3/t29-/m1/s1. The fourth-order valence-electron chi connectivity index (χ4n) is 7.62. The van der Waals surface area contributed by atoms with Crippen molar-refractivity contribution in [2.24, 2.45) is 7.05 Å². The van der Waals surface area contributed by atoms with Crippen molar-refractivity contribution < 1.29 is 19.1 Å². The molecule has 1 aromatic heterocycles. The maximum absolute atomic E-state index is 14.8. The second-order valence-corrected chi connectivity index (χ2v) is 14.6. The van der Waals surface area contributed by atoms with Gasteiger partial charge in [-0.05, 0) is 99.4 Å². The summed E-state index contributed by atoms with van der Waals surface area (Å²) in [6.07, 6.45) is 0.957. The lowest BCUT2D eigenvalue weighted by Gasteiger charge is -2.36. The van der Waals surface area contributed by atoms with Crippen molar-refractivity contribution in [2.45, 2.75) is 52.4 Å². The van der Waals surface area contributed by atoms with Crippen LogP contribution in [0.25, 0.3) is 11.3 Å². The minimum Gasteiger partial charge on any atom is -0.410 e. The number of carbonyl (C=O) groups is 3. The zero-order valence-corrected chi connectivity index (χ0v) is 31.4. The molecular weight excluding hydrogens is 663 g/mol. The zero-order valence-electron chi connectivity index (χ0n) is 31.4. The fraction of sp³-hybridized carbons (Fsp3) is 0.295. The summed E-state index contributed by atoms with van der Waals surface area (Å²) in [5.41, 5.74) is 9.64. The highest BCUT2D eigenvalue weighted by Gasteiger charge is 2.33. The van der Waals surface area contributed by atoms with Gasteiger partial charge in [-0.15, -0.1) is 0 Å². The molecule has 4 aromatic carbocycles. The summed E-state index contributed by atoms with van der Waals surface area (Å²) < 4.78 is 7.98. The Balaban J connectivity index is 1.26. The van der Waals surface area contributed by atoms with Gasteiger partial charge in [0.25, 0.3) is 11.8 Å². The summed E-state index contributed by atoms with van der Waals surface area (Å²) >= 11 is 0. The van der Waals surface area contributed by atoms with Crippen molar-refractivity contribution in [3.8, 4) is 17.0 Å². The number of benzene rings is 4. The van der Waals surface area contributed by atoms with Crippen molar-refractivity contribution in [2.75, 3.05) is 32.6 Å². The van der Waals surface area contributed by atoms with Crippen LogP contribution in [0.3, 0.4) is 0 Å². The van der Waals surface area contributed by atoms with Crippen LogP contribution in [0.2, 0.25) is 0 Å². The molecule has 2 aliphatic rings. The second-order valence-electron chi connectivity index (χ2n) is 14.6. The van der Waals surface area contributed by atoms with E-state index >= 15 is 0 Å². The molecule has 7 rings (SSSR count). The van der Waals surface area contributed by atoms with Crippen LogP contribution in [0.5, 0.6) is 5.75 Å². The molecule has 0 saturated heterocycles. The first-order chi connectivity index (χ1) is 25.5. The van der Waals surface area contributed by atoms with Crippen LogP contribution in [-0.2, 0) is 39.5 Å². The van der Waals surface area contributed by atoms with E-state index in [4.69, 9.17) is 4.74 Å². The van der Waals surface area contributed by atoms with Gasteiger partial charge in [0.15, 0.2) is 0 Å². The van der Waals surface area contributed by atoms with Crippen LogP contribution >= 0.6 is 0 Å². The van der Waals surface area contributed by atoms with Crippen molar-refractivity contribution >= 4 is 23.6 Å². The third-order valence-electron chi connectivity index (χ3n) is 10.8. The number of hydrogen-bond donors (Lipinski definition) is 0. The third kappa shape index (κ3) is 7.09. The number of rotatable bonds is 7. The van der Waals surface area contributed by atoms with Crippen molar-refractivity contribution in [3.05, 3.63) is 142 Å². The Kier molecular flexibility index (Phi) is 9.94. The highest BCUT2D eigenvalue weighted by molar-refractivity contribution is 6.08. The van der Waals surface area contributed by atoms with Crippen LogP contribution in [0.4, 0.5) is 10.5 Å². The first-order valence-corrected chi connectivity index (χ1v) is 18.2. The van der Waals surface area contributed by atoms with E-state index in [1.807, 2.05) is 121 Å². The molecule has 0 unspecified atom stereocenters. The first-order valence-electron chi connectivity index (χ1n) is 18.2. The maximum Gasteiger partial charge on any atom is 0.415 e. The first kappa shape index (κ1) is 35.7. The molecule has 9 nitrogen and oxygen atoms in total. The summed E-state index contributed by atoms with van der Waals surface area (Å²) in [6.45, 7) is 6.00. The molecule has 5 aromatic rings. The number of ether oxygens (including phenoxy) is 1. The van der Waals surface area contributed by atoms with Crippen molar-refractivity contribution in [1.82, 2.24) is 19.3 Å². The Labute approximate surface area is 312 Å². The van der Waals surface area contributed by atoms with Gasteiger partial charge in [-0.3, -0.25) is 9.59 Å². The normalized spacial score (nSPS) is 15.2. The number of para-hydroxylation sites is 2. The fourth-order valence-corrected chi connectivity index (χ4v) is 7.62. The van der Waals surface area contributed by atoms with Gasteiger partial charge in [0.2, 0.25) is 0 Å². The van der Waals surface area contributed by atoms with Crippen molar-refractivity contribution in [3.63, 3.8) is 0 Å². The Hall–Kier alpha value is -5.67. The quantitative estimate of drug-likeness (QED) is 0.175. The smallest absolute Gasteiger partial charge is 0.410 e. The Morgan fingerprint density at radius 2 is 1.49 bits per heavy atom. The van der Waals surface area contributed by atoms with Crippen molar-refractivity contribution in [1.29, 1.82) is 0 Å². The predicted octanol–water partition coefficient (Wildman–Crippen LogP) is 7.48. The van der Waals surface area contributed by atoms with Crippen LogP contribution < -0.4 is 9.64 Å². The van der Waals surface area contributed by atoms with E-state index in [0.717, 1.165) is 51.3 Å². The van der Waals surface area contributed by atoms with Crippen LogP contribution in [0.15, 0.2) is 97.1 Å². The molecule has 272 valence electrons. The Morgan fingerprint density at radius 3 is 2.25 bits per heavy atom. The number of hydrogen-bond acceptors (Lipinski definition) is 5. The van der Waals surface area contributed by atoms with Gasteiger partial charge in [-0.25, -0.2) is 4.79 Å². The third-order valence-corrected chi connectivity index (χ3v) is 10.8. The molecule has 9 heteroatoms. The van der Waals surface area contributed by atoms with E-state index in [-0.39, 0.29) is 17.9 Å². The maximum atomic E-state index is 14.8. The van der Waals surface area contributed by atoms with E-state index < -0.39 is 6.09 Å². The average Bonchev–Trinajstić information content (AvgIpc) is 3.46. The van der Waals surface area contributed by atoms with E-state index in [1.54, 1.807) is 16.8 Å². The number of nitrogens with zero attached hydrogens (tertiary/aromatic N) is 5. The number of amides is 3. The Morgan fingerprint density at radius 1 is 0.792 bits per heavy atom. The number of carbonyl (C=O) groups excluding carboxylic acids is 3. The lowest BCUT2D eigenvalue weighted by molar-refractivity contribution is 0.0658. The molecule has 0 bridgehead atoms. The highest BCUT2D eigenvalue weighted by Crippen LogP contribution is 2.36. The molecule has 3 amide bonds. The second kappa shape index (κ2) is 14.8. The molecule has 1 atom stereocenters. The van der Waals surface area contributed by atoms with E-state index in [9.17, 15) is 14.4 Å². The lowest BCUT2D eigenvalue weighted by Crippen LogP contribution is -2.43. The number of fused-ring (bicyclic) bond motifs is 2. The molecule has 0 fully saturated rings. The van der Waals surface area contributed by atoms with Gasteiger partial charge in [-0.2, -0.15) is 0 Å². The topological polar surface area (TPSA) is 78.3 Å². The van der Waals surface area contributed by atoms with Gasteiger partial charge < -0.3 is 28.9 Å². The van der Waals surface area contributed by atoms with Gasteiger partial charge in [0, 0.05) is 80.1 Å². The minimum atomic E-state index is -0.413. The predicted molar refractivity (Wildman–Crippen MR) is 208 cm³/mol.